The summed E-state index contributed by atoms with van der Waals surface area (Å²) in [5, 5.41) is 9.06. The molecule has 1 aromatic rings. The molecule has 0 heterocycles. The van der Waals surface area contributed by atoms with Crippen LogP contribution in [0.25, 0.3) is 0 Å². The van der Waals surface area contributed by atoms with Gasteiger partial charge in [-0.1, -0.05) is 6.07 Å². The van der Waals surface area contributed by atoms with Crippen LogP contribution in [0.4, 0.5) is 8.78 Å². The summed E-state index contributed by atoms with van der Waals surface area (Å²) in [6.07, 6.45) is 1.60. The highest BCUT2D eigenvalue weighted by Crippen LogP contribution is 2.43. The molecule has 1 saturated carbocycles. The fourth-order valence-corrected chi connectivity index (χ4v) is 1.94. The summed E-state index contributed by atoms with van der Waals surface area (Å²) >= 11 is 0. The average Bonchev–Trinajstić information content (AvgIpc) is 3.02. The molecule has 1 unspecified atom stereocenters. The minimum absolute atomic E-state index is 0.00291. The lowest BCUT2D eigenvalue weighted by Crippen LogP contribution is -2.16. The highest BCUT2D eigenvalue weighted by Gasteiger charge is 2.39. The van der Waals surface area contributed by atoms with E-state index in [1.807, 2.05) is 0 Å². The number of rotatable bonds is 3. The van der Waals surface area contributed by atoms with Gasteiger partial charge in [-0.2, -0.15) is 0 Å². The van der Waals surface area contributed by atoms with Gasteiger partial charge in [0, 0.05) is 11.1 Å². The van der Waals surface area contributed by atoms with Crippen LogP contribution >= 0.6 is 0 Å². The number of benzene rings is 1. The monoisotopic (exact) mass is 226 g/mol. The van der Waals surface area contributed by atoms with Gasteiger partial charge in [-0.3, -0.25) is 4.79 Å². The van der Waals surface area contributed by atoms with Gasteiger partial charge in [-0.25, -0.2) is 8.78 Å². The van der Waals surface area contributed by atoms with Crippen molar-refractivity contribution in [3.63, 3.8) is 0 Å². The Bertz CT molecular complexity index is 439. The van der Waals surface area contributed by atoms with Crippen molar-refractivity contribution < 1.29 is 18.7 Å². The van der Waals surface area contributed by atoms with Crippen molar-refractivity contribution in [2.24, 2.45) is 5.92 Å². The van der Waals surface area contributed by atoms with E-state index in [0.717, 1.165) is 18.9 Å². The van der Waals surface area contributed by atoms with Crippen LogP contribution in [-0.2, 0) is 4.79 Å². The van der Waals surface area contributed by atoms with Gasteiger partial charge in [0.2, 0.25) is 0 Å². The summed E-state index contributed by atoms with van der Waals surface area (Å²) in [5.74, 6) is -3.23. The minimum atomic E-state index is -1.03. The summed E-state index contributed by atoms with van der Waals surface area (Å²) in [6, 6.07) is 2.38. The maximum absolute atomic E-state index is 13.8. The van der Waals surface area contributed by atoms with Gasteiger partial charge in [0.15, 0.2) is 0 Å². The summed E-state index contributed by atoms with van der Waals surface area (Å²) in [4.78, 5) is 11.1. The molecule has 1 aliphatic rings. The number of hydrogen-bond acceptors (Lipinski definition) is 1. The molecule has 0 aromatic heterocycles. The molecule has 1 aromatic carbocycles. The maximum atomic E-state index is 13.8. The molecule has 1 aliphatic carbocycles. The van der Waals surface area contributed by atoms with Crippen LogP contribution in [0.5, 0.6) is 0 Å². The Morgan fingerprint density at radius 1 is 1.44 bits per heavy atom. The van der Waals surface area contributed by atoms with Gasteiger partial charge in [-0.05, 0) is 31.7 Å². The maximum Gasteiger partial charge on any atom is 0.311 e. The van der Waals surface area contributed by atoms with E-state index in [1.165, 1.54) is 13.0 Å². The van der Waals surface area contributed by atoms with Crippen LogP contribution in [0.2, 0.25) is 0 Å². The van der Waals surface area contributed by atoms with E-state index in [0.29, 0.717) is 0 Å². The van der Waals surface area contributed by atoms with Gasteiger partial charge in [0.25, 0.3) is 0 Å². The molecule has 1 N–H and O–H groups in total. The normalized spacial score (nSPS) is 17.2. The second kappa shape index (κ2) is 3.85. The number of carboxylic acid groups (broad SMARTS) is 1. The summed E-state index contributed by atoms with van der Waals surface area (Å²) in [5.41, 5.74) is -0.00157. The lowest BCUT2D eigenvalue weighted by molar-refractivity contribution is -0.139. The fourth-order valence-electron chi connectivity index (χ4n) is 1.94. The predicted octanol–water partition coefficient (Wildman–Crippen LogP) is 2.85. The first-order chi connectivity index (χ1) is 7.52. The van der Waals surface area contributed by atoms with E-state index in [-0.39, 0.29) is 17.0 Å². The third kappa shape index (κ3) is 1.79. The lowest BCUT2D eigenvalue weighted by Gasteiger charge is -2.14. The van der Waals surface area contributed by atoms with Gasteiger partial charge in [0.1, 0.15) is 11.6 Å². The number of hydrogen-bond donors (Lipinski definition) is 1. The Balaban J connectivity index is 2.45. The molecule has 0 bridgehead atoms. The topological polar surface area (TPSA) is 37.3 Å². The van der Waals surface area contributed by atoms with Crippen LogP contribution in [0.15, 0.2) is 12.1 Å². The molecule has 4 heteroatoms. The zero-order valence-corrected chi connectivity index (χ0v) is 8.84. The standard InChI is InChI=1S/C12H12F2O2/c1-6-9(13)5-4-8(11(6)14)10(12(15)16)7-2-3-7/h4-5,7,10H,2-3H2,1H3,(H,15,16). The quantitative estimate of drug-likeness (QED) is 0.860. The predicted molar refractivity (Wildman–Crippen MR) is 54.2 cm³/mol. The lowest BCUT2D eigenvalue weighted by atomic mass is 9.92. The molecule has 16 heavy (non-hydrogen) atoms. The summed E-state index contributed by atoms with van der Waals surface area (Å²) < 4.78 is 26.8. The molecule has 0 spiro atoms. The first-order valence-electron chi connectivity index (χ1n) is 5.19. The number of carbonyl (C=O) groups is 1. The van der Waals surface area contributed by atoms with Gasteiger partial charge >= 0.3 is 5.97 Å². The summed E-state index contributed by atoms with van der Waals surface area (Å²) in [6.45, 7) is 1.32. The van der Waals surface area contributed by atoms with Crippen LogP contribution in [0, 0.1) is 24.5 Å². The first kappa shape index (κ1) is 11.0. The van der Waals surface area contributed by atoms with Crippen molar-refractivity contribution in [3.05, 3.63) is 34.9 Å². The van der Waals surface area contributed by atoms with Crippen molar-refractivity contribution in [2.45, 2.75) is 25.7 Å². The Labute approximate surface area is 91.9 Å². The number of aliphatic carboxylic acids is 1. The molecular formula is C12H12F2O2. The Kier molecular flexibility index (Phi) is 2.66. The third-order valence-corrected chi connectivity index (χ3v) is 3.04. The summed E-state index contributed by atoms with van der Waals surface area (Å²) in [7, 11) is 0. The molecule has 1 atom stereocenters. The van der Waals surface area contributed by atoms with Crippen molar-refractivity contribution in [1.29, 1.82) is 0 Å². The van der Waals surface area contributed by atoms with Crippen LogP contribution in [0.3, 0.4) is 0 Å². The van der Waals surface area contributed by atoms with Crippen molar-refractivity contribution in [1.82, 2.24) is 0 Å². The molecule has 0 saturated heterocycles. The van der Waals surface area contributed by atoms with Crippen molar-refractivity contribution in [2.75, 3.05) is 0 Å². The van der Waals surface area contributed by atoms with Crippen molar-refractivity contribution in [3.8, 4) is 0 Å². The highest BCUT2D eigenvalue weighted by atomic mass is 19.1. The molecule has 0 amide bonds. The van der Waals surface area contributed by atoms with Gasteiger partial charge in [0.05, 0.1) is 5.92 Å². The molecule has 86 valence electrons. The van der Waals surface area contributed by atoms with Crippen molar-refractivity contribution >= 4 is 5.97 Å². The molecule has 0 aliphatic heterocycles. The molecule has 0 radical (unpaired) electrons. The SMILES string of the molecule is Cc1c(F)ccc(C(C(=O)O)C2CC2)c1F. The smallest absolute Gasteiger partial charge is 0.311 e. The zero-order chi connectivity index (χ0) is 11.9. The number of carboxylic acids is 1. The van der Waals surface area contributed by atoms with E-state index in [2.05, 4.69) is 0 Å². The fraction of sp³-hybridized carbons (Fsp3) is 0.417. The zero-order valence-electron chi connectivity index (χ0n) is 8.84. The van der Waals surface area contributed by atoms with Crippen LogP contribution in [-0.4, -0.2) is 11.1 Å². The molecule has 2 rings (SSSR count). The Morgan fingerprint density at radius 2 is 2.06 bits per heavy atom. The van der Waals surface area contributed by atoms with Gasteiger partial charge in [-0.15, -0.1) is 0 Å². The first-order valence-corrected chi connectivity index (χ1v) is 5.19. The van der Waals surface area contributed by atoms with Crippen LogP contribution in [0.1, 0.15) is 29.9 Å². The van der Waals surface area contributed by atoms with E-state index in [9.17, 15) is 13.6 Å². The Hall–Kier alpha value is -1.45. The van der Waals surface area contributed by atoms with E-state index >= 15 is 0 Å². The molecule has 2 nitrogen and oxygen atoms in total. The second-order valence-electron chi connectivity index (χ2n) is 4.23. The third-order valence-electron chi connectivity index (χ3n) is 3.04. The van der Waals surface area contributed by atoms with E-state index in [1.54, 1.807) is 0 Å². The number of halogens is 2. The Morgan fingerprint density at radius 3 is 2.56 bits per heavy atom. The van der Waals surface area contributed by atoms with E-state index in [4.69, 9.17) is 5.11 Å². The van der Waals surface area contributed by atoms with Gasteiger partial charge < -0.3 is 5.11 Å². The molecule has 1 fully saturated rings. The van der Waals surface area contributed by atoms with E-state index < -0.39 is 23.5 Å². The highest BCUT2D eigenvalue weighted by molar-refractivity contribution is 5.77. The minimum Gasteiger partial charge on any atom is -0.481 e. The largest absolute Gasteiger partial charge is 0.481 e. The average molecular weight is 226 g/mol. The second-order valence-corrected chi connectivity index (χ2v) is 4.23. The van der Waals surface area contributed by atoms with Crippen LogP contribution < -0.4 is 0 Å². The molecular weight excluding hydrogens is 214 g/mol.